The molecule has 1 atom stereocenters. The van der Waals surface area contributed by atoms with Gasteiger partial charge in [0.25, 0.3) is 5.91 Å². The van der Waals surface area contributed by atoms with Crippen molar-refractivity contribution < 1.29 is 4.79 Å². The number of aromatic amines is 1. The number of hydrogen-bond donors (Lipinski definition) is 1. The second-order valence-electron chi connectivity index (χ2n) is 6.40. The molecule has 0 aliphatic carbocycles. The Morgan fingerprint density at radius 1 is 1.35 bits per heavy atom. The Morgan fingerprint density at radius 2 is 2.15 bits per heavy atom. The first-order valence-electron chi connectivity index (χ1n) is 8.52. The number of nitrogens with one attached hydrogen (secondary N) is 1. The normalized spacial score (nSPS) is 16.6. The predicted octanol–water partition coefficient (Wildman–Crippen LogP) is 2.66. The van der Waals surface area contributed by atoms with Crippen molar-refractivity contribution in [2.45, 2.75) is 18.9 Å². The van der Waals surface area contributed by atoms with Gasteiger partial charge in [0.15, 0.2) is 5.82 Å². The lowest BCUT2D eigenvalue weighted by atomic mass is 10.2. The number of benzene rings is 1. The number of aromatic nitrogens is 4. The summed E-state index contributed by atoms with van der Waals surface area (Å²) in [7, 11) is 1.78. The summed E-state index contributed by atoms with van der Waals surface area (Å²) in [6.07, 6.45) is 3.41. The molecule has 0 spiro atoms. The minimum atomic E-state index is -0.132. The van der Waals surface area contributed by atoms with E-state index in [1.807, 2.05) is 35.2 Å². The molecular weight excluding hydrogens is 328 g/mol. The maximum atomic E-state index is 13.0. The summed E-state index contributed by atoms with van der Waals surface area (Å²) in [5.74, 6) is 1.24. The van der Waals surface area contributed by atoms with Crippen LogP contribution in [0.2, 0.25) is 0 Å². The average molecular weight is 346 g/mol. The molecular formula is C19H18N6O. The molecule has 7 heteroatoms. The van der Waals surface area contributed by atoms with Gasteiger partial charge in [-0.2, -0.15) is 10.4 Å². The van der Waals surface area contributed by atoms with E-state index in [0.29, 0.717) is 29.5 Å². The molecule has 1 fully saturated rings. The highest BCUT2D eigenvalue weighted by molar-refractivity contribution is 5.93. The summed E-state index contributed by atoms with van der Waals surface area (Å²) in [6, 6.07) is 13.3. The molecule has 130 valence electrons. The lowest BCUT2D eigenvalue weighted by Crippen LogP contribution is -2.32. The van der Waals surface area contributed by atoms with Crippen LogP contribution >= 0.6 is 0 Å². The zero-order chi connectivity index (χ0) is 18.1. The van der Waals surface area contributed by atoms with Gasteiger partial charge in [-0.05, 0) is 18.9 Å². The van der Waals surface area contributed by atoms with Crippen molar-refractivity contribution in [3.8, 4) is 17.5 Å². The predicted molar refractivity (Wildman–Crippen MR) is 95.0 cm³/mol. The van der Waals surface area contributed by atoms with Crippen LogP contribution in [0.3, 0.4) is 0 Å². The Morgan fingerprint density at radius 3 is 2.88 bits per heavy atom. The first kappa shape index (κ1) is 16.1. The number of carbonyl (C=O) groups excluding carboxylic acids is 1. The van der Waals surface area contributed by atoms with Crippen LogP contribution in [0, 0.1) is 11.3 Å². The Hall–Kier alpha value is -3.40. The fourth-order valence-electron chi connectivity index (χ4n) is 3.42. The molecule has 3 heterocycles. The molecule has 1 N–H and O–H groups in total. The molecule has 0 radical (unpaired) electrons. The Bertz CT molecular complexity index is 981. The van der Waals surface area contributed by atoms with Gasteiger partial charge >= 0.3 is 0 Å². The highest BCUT2D eigenvalue weighted by atomic mass is 16.2. The van der Waals surface area contributed by atoms with E-state index in [9.17, 15) is 4.79 Å². The quantitative estimate of drug-likeness (QED) is 0.789. The summed E-state index contributed by atoms with van der Waals surface area (Å²) in [5.41, 5.74) is 1.93. The molecule has 1 amide bonds. The molecule has 2 aromatic heterocycles. The van der Waals surface area contributed by atoms with Gasteiger partial charge in [0.1, 0.15) is 17.6 Å². The average Bonchev–Trinajstić information content (AvgIpc) is 3.40. The minimum absolute atomic E-state index is 0.0887. The summed E-state index contributed by atoms with van der Waals surface area (Å²) in [4.78, 5) is 19.4. The first-order valence-corrected chi connectivity index (χ1v) is 8.52. The monoisotopic (exact) mass is 346 g/mol. The van der Waals surface area contributed by atoms with Gasteiger partial charge in [0.05, 0.1) is 11.6 Å². The molecule has 1 aliphatic heterocycles. The third-order valence-electron chi connectivity index (χ3n) is 4.72. The van der Waals surface area contributed by atoms with Crippen LogP contribution in [0.4, 0.5) is 0 Å². The molecule has 1 saturated heterocycles. The largest absolute Gasteiger partial charge is 0.345 e. The van der Waals surface area contributed by atoms with E-state index in [4.69, 9.17) is 5.26 Å². The lowest BCUT2D eigenvalue weighted by molar-refractivity contribution is 0.0720. The molecule has 0 saturated carbocycles. The second-order valence-corrected chi connectivity index (χ2v) is 6.40. The molecule has 1 aromatic carbocycles. The van der Waals surface area contributed by atoms with Crippen molar-refractivity contribution in [1.82, 2.24) is 24.6 Å². The van der Waals surface area contributed by atoms with Gasteiger partial charge in [0.2, 0.25) is 0 Å². The van der Waals surface area contributed by atoms with Crippen LogP contribution in [0.25, 0.3) is 11.4 Å². The van der Waals surface area contributed by atoms with Gasteiger partial charge < -0.3 is 9.47 Å². The number of rotatable bonds is 3. The van der Waals surface area contributed by atoms with Crippen molar-refractivity contribution in [3.63, 3.8) is 0 Å². The molecule has 7 nitrogen and oxygen atoms in total. The summed E-state index contributed by atoms with van der Waals surface area (Å²) in [5, 5.41) is 16.4. The van der Waals surface area contributed by atoms with E-state index < -0.39 is 0 Å². The van der Waals surface area contributed by atoms with Crippen LogP contribution in [0.15, 0.2) is 42.6 Å². The van der Waals surface area contributed by atoms with Crippen molar-refractivity contribution in [2.24, 2.45) is 7.05 Å². The number of hydrogen-bond acceptors (Lipinski definition) is 4. The highest BCUT2D eigenvalue weighted by Crippen LogP contribution is 2.32. The smallest absolute Gasteiger partial charge is 0.271 e. The van der Waals surface area contributed by atoms with Crippen LogP contribution in [-0.4, -0.2) is 37.1 Å². The molecule has 26 heavy (non-hydrogen) atoms. The lowest BCUT2D eigenvalue weighted by Gasteiger charge is -2.23. The van der Waals surface area contributed by atoms with E-state index in [2.05, 4.69) is 21.3 Å². The highest BCUT2D eigenvalue weighted by Gasteiger charge is 2.34. The molecule has 1 aliphatic rings. The molecule has 3 aromatic rings. The van der Waals surface area contributed by atoms with E-state index in [0.717, 1.165) is 18.4 Å². The van der Waals surface area contributed by atoms with Crippen LogP contribution in [0.1, 0.15) is 40.8 Å². The second kappa shape index (κ2) is 6.48. The number of likely N-dealkylation sites (tertiary alicyclic amines) is 1. The summed E-state index contributed by atoms with van der Waals surface area (Å²) < 4.78 is 1.70. The van der Waals surface area contributed by atoms with Crippen molar-refractivity contribution in [1.29, 1.82) is 5.26 Å². The first-order chi connectivity index (χ1) is 12.7. The van der Waals surface area contributed by atoms with Crippen molar-refractivity contribution in [2.75, 3.05) is 6.54 Å². The SMILES string of the molecule is Cn1cc(C#N)cc1C(=O)N1CCCC1c1nc(-c2ccccc2)n[nH]1. The van der Waals surface area contributed by atoms with E-state index >= 15 is 0 Å². The fourth-order valence-corrected chi connectivity index (χ4v) is 3.42. The zero-order valence-electron chi connectivity index (χ0n) is 14.4. The number of nitrogens with zero attached hydrogens (tertiary/aromatic N) is 5. The number of carbonyl (C=O) groups is 1. The minimum Gasteiger partial charge on any atom is -0.345 e. The van der Waals surface area contributed by atoms with Gasteiger partial charge in [-0.25, -0.2) is 4.98 Å². The zero-order valence-corrected chi connectivity index (χ0v) is 14.4. The van der Waals surface area contributed by atoms with Gasteiger partial charge in [-0.3, -0.25) is 9.89 Å². The van der Waals surface area contributed by atoms with E-state index in [1.54, 1.807) is 23.9 Å². The third kappa shape index (κ3) is 2.75. The topological polar surface area (TPSA) is 90.6 Å². The third-order valence-corrected chi connectivity index (χ3v) is 4.72. The van der Waals surface area contributed by atoms with Crippen LogP contribution in [0.5, 0.6) is 0 Å². The molecule has 1 unspecified atom stereocenters. The van der Waals surface area contributed by atoms with Gasteiger partial charge in [-0.1, -0.05) is 30.3 Å². The maximum Gasteiger partial charge on any atom is 0.271 e. The fraction of sp³-hybridized carbons (Fsp3) is 0.263. The summed E-state index contributed by atoms with van der Waals surface area (Å²) in [6.45, 7) is 0.665. The van der Waals surface area contributed by atoms with E-state index in [-0.39, 0.29) is 11.9 Å². The van der Waals surface area contributed by atoms with Gasteiger partial charge in [0, 0.05) is 25.4 Å². The van der Waals surface area contributed by atoms with Crippen molar-refractivity contribution in [3.05, 3.63) is 59.7 Å². The number of H-pyrrole nitrogens is 1. The molecule has 4 rings (SSSR count). The Labute approximate surface area is 150 Å². The van der Waals surface area contributed by atoms with Gasteiger partial charge in [-0.15, -0.1) is 0 Å². The standard InChI is InChI=1S/C19H18N6O/c1-24-12-13(11-20)10-16(24)19(26)25-9-5-8-15(25)18-21-17(22-23-18)14-6-3-2-4-7-14/h2-4,6-7,10,12,15H,5,8-9H2,1H3,(H,21,22,23). The maximum absolute atomic E-state index is 13.0. The van der Waals surface area contributed by atoms with Crippen LogP contribution < -0.4 is 0 Å². The Kier molecular flexibility index (Phi) is 4.01. The van der Waals surface area contributed by atoms with Crippen LogP contribution in [-0.2, 0) is 7.05 Å². The molecule has 0 bridgehead atoms. The summed E-state index contributed by atoms with van der Waals surface area (Å²) >= 11 is 0. The Balaban J connectivity index is 1.61. The number of nitriles is 1. The van der Waals surface area contributed by atoms with Crippen molar-refractivity contribution >= 4 is 5.91 Å². The number of amides is 1. The van der Waals surface area contributed by atoms with E-state index in [1.165, 1.54) is 0 Å². The number of aryl methyl sites for hydroxylation is 1.